The van der Waals surface area contributed by atoms with Crippen LogP contribution in [-0.4, -0.2) is 27.6 Å². The summed E-state index contributed by atoms with van der Waals surface area (Å²) >= 11 is 0.489. The number of hydrogen-bond donors (Lipinski definition) is 0. The Morgan fingerprint density at radius 2 is 1.63 bits per heavy atom. The van der Waals surface area contributed by atoms with Gasteiger partial charge in [-0.15, -0.1) is 0 Å². The molecule has 0 unspecified atom stereocenters. The molecule has 2 rings (SSSR count). The zero-order valence-electron chi connectivity index (χ0n) is 11.0. The molecule has 0 heterocycles. The van der Waals surface area contributed by atoms with Gasteiger partial charge in [0.05, 0.1) is 0 Å². The van der Waals surface area contributed by atoms with Gasteiger partial charge in [0.25, 0.3) is 0 Å². The number of rotatable bonds is 7. The number of hydrogen-bond acceptors (Lipinski definition) is 2. The van der Waals surface area contributed by atoms with Crippen LogP contribution in [0.3, 0.4) is 0 Å². The molecule has 3 heteroatoms. The summed E-state index contributed by atoms with van der Waals surface area (Å²) < 4.78 is 10.8. The average Bonchev–Trinajstić information content (AvgIpc) is 2.49. The molecule has 0 bridgehead atoms. The van der Waals surface area contributed by atoms with Crippen molar-refractivity contribution in [3.63, 3.8) is 0 Å². The van der Waals surface area contributed by atoms with Crippen LogP contribution in [0.15, 0.2) is 54.6 Å². The van der Waals surface area contributed by atoms with Gasteiger partial charge in [0.2, 0.25) is 0 Å². The Balaban J connectivity index is 1.63. The summed E-state index contributed by atoms with van der Waals surface area (Å²) in [5.41, 5.74) is 3.44. The first kappa shape index (κ1) is 14.1. The van der Waals surface area contributed by atoms with Crippen LogP contribution >= 0.6 is 0 Å². The van der Waals surface area contributed by atoms with Gasteiger partial charge in [-0.2, -0.15) is 0 Å². The zero-order valence-corrected chi connectivity index (χ0v) is 12.8. The second kappa shape index (κ2) is 8.00. The van der Waals surface area contributed by atoms with E-state index in [1.165, 1.54) is 11.1 Å². The third-order valence-electron chi connectivity index (χ3n) is 2.71. The molecule has 2 aromatic carbocycles. The Bertz CT molecular complexity index is 468. The first-order valence-electron chi connectivity index (χ1n) is 6.21. The Morgan fingerprint density at radius 1 is 0.895 bits per heavy atom. The third-order valence-corrected chi connectivity index (χ3v) is 4.53. The van der Waals surface area contributed by atoms with Gasteiger partial charge in [0, 0.05) is 0 Å². The van der Waals surface area contributed by atoms with Gasteiger partial charge < -0.3 is 0 Å². The summed E-state index contributed by atoms with van der Waals surface area (Å²) in [6, 6.07) is 18.6. The summed E-state index contributed by atoms with van der Waals surface area (Å²) in [6.45, 7) is 0.713. The molecule has 0 aromatic heterocycles. The maximum absolute atomic E-state index is 5.69. The van der Waals surface area contributed by atoms with Crippen molar-refractivity contribution in [1.82, 2.24) is 0 Å². The molecule has 0 N–H and O–H groups in total. The van der Waals surface area contributed by atoms with Crippen LogP contribution in [0.4, 0.5) is 0 Å². The molecule has 19 heavy (non-hydrogen) atoms. The number of ether oxygens (including phenoxy) is 2. The van der Waals surface area contributed by atoms with E-state index in [0.29, 0.717) is 21.6 Å². The fourth-order valence-electron chi connectivity index (χ4n) is 1.67. The van der Waals surface area contributed by atoms with Crippen LogP contribution in [0.2, 0.25) is 0 Å². The predicted molar refractivity (Wildman–Crippen MR) is 78.6 cm³/mol. The van der Waals surface area contributed by atoms with Crippen molar-refractivity contribution in [3.05, 3.63) is 65.7 Å². The molecule has 0 aliphatic heterocycles. The standard InChI is InChI=1S/C16H18O2Se/c1-17-16-9-7-15(8-10-16)12-19-13-18-11-14-5-3-2-4-6-14/h2-10H,11-13H2,1H3. The zero-order chi connectivity index (χ0) is 13.3. The van der Waals surface area contributed by atoms with Crippen LogP contribution in [0, 0.1) is 0 Å². The van der Waals surface area contributed by atoms with Crippen LogP contribution in [0.5, 0.6) is 5.75 Å². The predicted octanol–water partition coefficient (Wildman–Crippen LogP) is 3.07. The molecule has 0 radical (unpaired) electrons. The first-order chi connectivity index (χ1) is 9.38. The Hall–Kier alpha value is -1.28. The number of benzene rings is 2. The normalized spacial score (nSPS) is 10.4. The van der Waals surface area contributed by atoms with Crippen molar-refractivity contribution >= 4 is 15.0 Å². The second-order valence-corrected chi connectivity index (χ2v) is 6.11. The van der Waals surface area contributed by atoms with Crippen molar-refractivity contribution < 1.29 is 9.47 Å². The van der Waals surface area contributed by atoms with Crippen molar-refractivity contribution in [1.29, 1.82) is 0 Å². The van der Waals surface area contributed by atoms with Gasteiger partial charge >= 0.3 is 120 Å². The SMILES string of the molecule is COc1ccc(C[Se]COCc2ccccc2)cc1. The molecule has 0 saturated carbocycles. The van der Waals surface area contributed by atoms with Crippen molar-refractivity contribution in [2.45, 2.75) is 11.9 Å². The molecule has 0 amide bonds. The molecule has 2 aromatic rings. The third kappa shape index (κ3) is 5.07. The van der Waals surface area contributed by atoms with E-state index in [1.807, 2.05) is 30.3 Å². The minimum atomic E-state index is 0.489. The molecule has 0 saturated heterocycles. The van der Waals surface area contributed by atoms with Gasteiger partial charge in [0.15, 0.2) is 0 Å². The monoisotopic (exact) mass is 322 g/mol. The minimum absolute atomic E-state index is 0.489. The summed E-state index contributed by atoms with van der Waals surface area (Å²) in [5.74, 6) is 0.913. The molecule has 100 valence electrons. The van der Waals surface area contributed by atoms with Gasteiger partial charge in [-0.05, 0) is 0 Å². The van der Waals surface area contributed by atoms with E-state index in [1.54, 1.807) is 7.11 Å². The van der Waals surface area contributed by atoms with Crippen LogP contribution in [-0.2, 0) is 16.7 Å². The fraction of sp³-hybridized carbons (Fsp3) is 0.250. The van der Waals surface area contributed by atoms with Crippen molar-refractivity contribution in [2.75, 3.05) is 12.6 Å². The molecule has 0 aliphatic rings. The van der Waals surface area contributed by atoms with E-state index in [9.17, 15) is 0 Å². The van der Waals surface area contributed by atoms with Crippen LogP contribution in [0.25, 0.3) is 0 Å². The van der Waals surface area contributed by atoms with E-state index < -0.39 is 0 Å². The Labute approximate surface area is 120 Å². The first-order valence-corrected chi connectivity index (χ1v) is 8.63. The molecular formula is C16H18O2Se. The second-order valence-electron chi connectivity index (χ2n) is 4.15. The Kier molecular flexibility index (Phi) is 5.95. The summed E-state index contributed by atoms with van der Waals surface area (Å²) in [4.78, 5) is 0. The van der Waals surface area contributed by atoms with Gasteiger partial charge in [-0.1, -0.05) is 0 Å². The van der Waals surface area contributed by atoms with E-state index in [2.05, 4.69) is 24.3 Å². The summed E-state index contributed by atoms with van der Waals surface area (Å²) in [6.07, 6.45) is 0. The summed E-state index contributed by atoms with van der Waals surface area (Å²) in [5, 5.41) is 1.10. The quantitative estimate of drug-likeness (QED) is 0.576. The van der Waals surface area contributed by atoms with Crippen molar-refractivity contribution in [3.8, 4) is 5.75 Å². The molecule has 0 atom stereocenters. The molecule has 0 spiro atoms. The van der Waals surface area contributed by atoms with Gasteiger partial charge in [-0.25, -0.2) is 0 Å². The Morgan fingerprint density at radius 3 is 2.32 bits per heavy atom. The van der Waals surface area contributed by atoms with Gasteiger partial charge in [0.1, 0.15) is 0 Å². The van der Waals surface area contributed by atoms with E-state index >= 15 is 0 Å². The topological polar surface area (TPSA) is 18.5 Å². The van der Waals surface area contributed by atoms with Crippen LogP contribution in [0.1, 0.15) is 11.1 Å². The van der Waals surface area contributed by atoms with Gasteiger partial charge in [-0.3, -0.25) is 0 Å². The van der Waals surface area contributed by atoms with Crippen LogP contribution < -0.4 is 4.74 Å². The molecular weight excluding hydrogens is 303 g/mol. The fourth-order valence-corrected chi connectivity index (χ4v) is 3.17. The molecule has 0 aliphatic carbocycles. The van der Waals surface area contributed by atoms with E-state index in [4.69, 9.17) is 9.47 Å². The molecule has 0 fully saturated rings. The average molecular weight is 321 g/mol. The summed E-state index contributed by atoms with van der Waals surface area (Å²) in [7, 11) is 1.69. The maximum atomic E-state index is 5.69. The number of methoxy groups -OCH3 is 1. The van der Waals surface area contributed by atoms with E-state index in [-0.39, 0.29) is 0 Å². The van der Waals surface area contributed by atoms with Crippen molar-refractivity contribution in [2.24, 2.45) is 0 Å². The van der Waals surface area contributed by atoms with E-state index in [0.717, 1.165) is 16.6 Å². The molecule has 2 nitrogen and oxygen atoms in total.